The summed E-state index contributed by atoms with van der Waals surface area (Å²) in [5, 5.41) is 20.3. The number of aromatic nitrogens is 1. The molecule has 0 bridgehead atoms. The lowest BCUT2D eigenvalue weighted by atomic mass is 9.85. The highest BCUT2D eigenvalue weighted by Crippen LogP contribution is 2.47. The highest BCUT2D eigenvalue weighted by molar-refractivity contribution is 7.13. The summed E-state index contributed by atoms with van der Waals surface area (Å²) in [6, 6.07) is 15.1. The number of likely N-dealkylation sites (tertiary alicyclic amines) is 1. The van der Waals surface area contributed by atoms with Gasteiger partial charge >= 0.3 is 0 Å². The number of β-amino-alcohol motifs (C(OH)–C–C–N with tert-alkyl or cyclic N) is 1. The van der Waals surface area contributed by atoms with Gasteiger partial charge in [0.2, 0.25) is 35.4 Å². The maximum Gasteiger partial charge on any atom is 0.246 e. The molecule has 2 fully saturated rings. The van der Waals surface area contributed by atoms with Gasteiger partial charge in [0.25, 0.3) is 0 Å². The molecule has 1 aliphatic carbocycles. The number of hydrogen-bond acceptors (Lipinski definition) is 11. The number of benzene rings is 3. The number of aliphatic hydroxyl groups is 1. The van der Waals surface area contributed by atoms with Crippen molar-refractivity contribution in [1.82, 2.24) is 25.8 Å². The minimum absolute atomic E-state index is 0.0181. The van der Waals surface area contributed by atoms with Crippen LogP contribution in [0.3, 0.4) is 0 Å². The van der Waals surface area contributed by atoms with Gasteiger partial charge in [-0.3, -0.25) is 33.7 Å². The first-order valence-electron chi connectivity index (χ1n) is 24.1. The number of primary amides is 1. The molecule has 1 saturated carbocycles. The molecule has 70 heavy (non-hydrogen) atoms. The quantitative estimate of drug-likeness (QED) is 0.0800. The fourth-order valence-corrected chi connectivity index (χ4v) is 11.1. The van der Waals surface area contributed by atoms with Crippen LogP contribution in [0, 0.1) is 12.3 Å². The third-order valence-corrected chi connectivity index (χ3v) is 15.4. The van der Waals surface area contributed by atoms with Crippen LogP contribution in [0.15, 0.2) is 66.2 Å². The smallest absolute Gasteiger partial charge is 0.246 e. The molecule has 0 spiro atoms. The topological polar surface area (TPSA) is 239 Å². The Labute approximate surface area is 417 Å². The van der Waals surface area contributed by atoms with E-state index in [1.54, 1.807) is 23.5 Å². The van der Waals surface area contributed by atoms with Gasteiger partial charge in [-0.25, -0.2) is 4.98 Å². The summed E-state index contributed by atoms with van der Waals surface area (Å²) in [7, 11) is 0. The van der Waals surface area contributed by atoms with Crippen molar-refractivity contribution >= 4 is 64.1 Å². The Bertz CT molecular complexity index is 2650. The van der Waals surface area contributed by atoms with Gasteiger partial charge in [0.1, 0.15) is 30.5 Å². The summed E-state index contributed by atoms with van der Waals surface area (Å²) < 4.78 is 6.17. The standard InChI is InChI=1S/C52H63ClN8O8S/c1-29-45(70-28-56-29)32-14-17-34(18-15-32)52(22-23-52)59-48(66)38-25-36(62)26-60(38)50(68)46(51(2,3)4)58-42(64)13-7-9-30-8-6-12-40(43(30)53)69-27-35(19-21-41(55)63)57-47(65)39-24-33-11-5-10-31-16-20-37(54)49(67)61(39)44(31)33/h5-6,8,10-12,14-15,17-18,28,35-39,46,62H,7,9,13,16,19-27,54H2,1-4H3,(H2,55,63)(H,57,65)(H,58,64)(H,59,66)/t35-,36+,37-,38-,39-,46+/m0/s1. The number of aryl methyl sites for hydroxylation is 3. The normalized spacial score (nSPS) is 21.0. The van der Waals surface area contributed by atoms with E-state index in [1.165, 1.54) is 9.80 Å². The molecule has 372 valence electrons. The van der Waals surface area contributed by atoms with Crippen LogP contribution in [-0.4, -0.2) is 99.9 Å². The number of aliphatic hydroxyl groups excluding tert-OH is 1. The summed E-state index contributed by atoms with van der Waals surface area (Å²) in [5.41, 5.74) is 18.6. The van der Waals surface area contributed by atoms with Crippen molar-refractivity contribution in [2.75, 3.05) is 18.1 Å². The van der Waals surface area contributed by atoms with Crippen molar-refractivity contribution in [2.24, 2.45) is 16.9 Å². The van der Waals surface area contributed by atoms with Crippen LogP contribution >= 0.6 is 22.9 Å². The van der Waals surface area contributed by atoms with Crippen LogP contribution in [0.2, 0.25) is 5.02 Å². The number of amides is 6. The van der Waals surface area contributed by atoms with E-state index >= 15 is 0 Å². The van der Waals surface area contributed by atoms with Gasteiger partial charge < -0.3 is 42.2 Å². The van der Waals surface area contributed by atoms with Crippen LogP contribution in [0.25, 0.3) is 10.4 Å². The lowest BCUT2D eigenvalue weighted by Gasteiger charge is -2.35. The molecule has 4 aromatic rings. The Morgan fingerprint density at radius 2 is 1.71 bits per heavy atom. The Balaban J connectivity index is 0.858. The first-order valence-corrected chi connectivity index (χ1v) is 25.4. The third kappa shape index (κ3) is 11.0. The number of carbonyl (C=O) groups excluding carboxylic acids is 6. The zero-order chi connectivity index (χ0) is 50.1. The lowest BCUT2D eigenvalue weighted by Crippen LogP contribution is -2.58. The zero-order valence-electron chi connectivity index (χ0n) is 40.1. The zero-order valence-corrected chi connectivity index (χ0v) is 41.7. The molecule has 6 atom stereocenters. The van der Waals surface area contributed by atoms with Crippen LogP contribution in [0.5, 0.6) is 5.75 Å². The SMILES string of the molecule is Cc1ncsc1-c1ccc(C2(NC(=O)[C@@H]3C[C@@H](O)CN3C(=O)[C@@H](NC(=O)CCCc3cccc(OC[C@H](CCC(N)=O)NC(=O)[C@@H]4Cc5cccc6c5N4C(=O)[C@@H](N)CC6)c3Cl)C(C)(C)C)CC2)cc1. The largest absolute Gasteiger partial charge is 0.490 e. The molecule has 3 aromatic carbocycles. The lowest BCUT2D eigenvalue weighted by molar-refractivity contribution is -0.144. The molecular formula is C52H63ClN8O8S. The second-order valence-corrected chi connectivity index (χ2v) is 21.5. The number of thiazole rings is 1. The molecule has 0 radical (unpaired) electrons. The maximum absolute atomic E-state index is 14.3. The average molecular weight is 996 g/mol. The van der Waals surface area contributed by atoms with E-state index in [9.17, 15) is 33.9 Å². The number of carbonyl (C=O) groups is 6. The summed E-state index contributed by atoms with van der Waals surface area (Å²) >= 11 is 8.45. The van der Waals surface area contributed by atoms with Gasteiger partial charge in [-0.05, 0) is 91.2 Å². The fourth-order valence-electron chi connectivity index (χ4n) is 9.97. The molecule has 8 rings (SSSR count). The molecular weight excluding hydrogens is 932 g/mol. The van der Waals surface area contributed by atoms with Crippen molar-refractivity contribution in [3.8, 4) is 16.2 Å². The van der Waals surface area contributed by atoms with Gasteiger partial charge in [0.15, 0.2) is 0 Å². The van der Waals surface area contributed by atoms with E-state index in [0.29, 0.717) is 48.4 Å². The minimum atomic E-state index is -0.981. The number of anilines is 1. The monoisotopic (exact) mass is 994 g/mol. The summed E-state index contributed by atoms with van der Waals surface area (Å²) in [5.74, 6) is -2.05. The van der Waals surface area contributed by atoms with Crippen molar-refractivity contribution in [3.63, 3.8) is 0 Å². The number of nitrogens with one attached hydrogen (secondary N) is 3. The van der Waals surface area contributed by atoms with Crippen LogP contribution in [0.4, 0.5) is 5.69 Å². The van der Waals surface area contributed by atoms with Crippen molar-refractivity contribution in [2.45, 2.75) is 140 Å². The highest BCUT2D eigenvalue weighted by Gasteiger charge is 2.50. The third-order valence-electron chi connectivity index (χ3n) is 14.0. The number of nitrogens with zero attached hydrogens (tertiary/aromatic N) is 3. The molecule has 18 heteroatoms. The number of halogens is 1. The first-order chi connectivity index (χ1) is 33.3. The first kappa shape index (κ1) is 50.5. The molecule has 1 saturated heterocycles. The maximum atomic E-state index is 14.3. The number of para-hydroxylation sites is 1. The van der Waals surface area contributed by atoms with Crippen LogP contribution < -0.4 is 37.1 Å². The van der Waals surface area contributed by atoms with Gasteiger partial charge in [-0.2, -0.15) is 0 Å². The van der Waals surface area contributed by atoms with Gasteiger partial charge in [0, 0.05) is 32.2 Å². The highest BCUT2D eigenvalue weighted by atomic mass is 35.5. The van der Waals surface area contributed by atoms with Gasteiger partial charge in [-0.1, -0.05) is 87.0 Å². The summed E-state index contributed by atoms with van der Waals surface area (Å²) in [6.07, 6.45) is 3.11. The van der Waals surface area contributed by atoms with Crippen LogP contribution in [-0.2, 0) is 53.6 Å². The van der Waals surface area contributed by atoms with E-state index in [2.05, 4.69) is 20.9 Å². The van der Waals surface area contributed by atoms with E-state index in [4.69, 9.17) is 27.8 Å². The van der Waals surface area contributed by atoms with Crippen molar-refractivity contribution < 1.29 is 38.6 Å². The van der Waals surface area contributed by atoms with Crippen LogP contribution in [0.1, 0.15) is 100 Å². The average Bonchev–Trinajstić information content (AvgIpc) is 3.60. The number of hydrogen-bond donors (Lipinski definition) is 6. The Morgan fingerprint density at radius 1 is 0.986 bits per heavy atom. The number of ether oxygens (including phenoxy) is 1. The molecule has 6 amide bonds. The minimum Gasteiger partial charge on any atom is -0.490 e. The molecule has 4 aliphatic rings. The number of nitrogens with two attached hydrogens (primary N) is 2. The van der Waals surface area contributed by atoms with Gasteiger partial charge in [-0.15, -0.1) is 11.3 Å². The van der Waals surface area contributed by atoms with E-state index < -0.39 is 65.0 Å². The Hall–Kier alpha value is -5.88. The summed E-state index contributed by atoms with van der Waals surface area (Å²) in [6.45, 7) is 7.43. The molecule has 0 unspecified atom stereocenters. The van der Waals surface area contributed by atoms with E-state index in [0.717, 1.165) is 51.4 Å². The van der Waals surface area contributed by atoms with E-state index in [-0.39, 0.29) is 56.6 Å². The second-order valence-electron chi connectivity index (χ2n) is 20.3. The van der Waals surface area contributed by atoms with Crippen molar-refractivity contribution in [1.29, 1.82) is 0 Å². The molecule has 16 nitrogen and oxygen atoms in total. The number of rotatable bonds is 18. The van der Waals surface area contributed by atoms with Gasteiger partial charge in [0.05, 0.1) is 50.5 Å². The fraction of sp³-hybridized carbons (Fsp3) is 0.481. The predicted molar refractivity (Wildman–Crippen MR) is 267 cm³/mol. The summed E-state index contributed by atoms with van der Waals surface area (Å²) in [4.78, 5) is 89.6. The molecule has 3 aliphatic heterocycles. The Morgan fingerprint density at radius 3 is 2.40 bits per heavy atom. The predicted octanol–water partition coefficient (Wildman–Crippen LogP) is 4.75. The molecule has 4 heterocycles. The van der Waals surface area contributed by atoms with E-state index in [1.807, 2.05) is 81.7 Å². The second kappa shape index (κ2) is 20.8. The van der Waals surface area contributed by atoms with Crippen molar-refractivity contribution in [3.05, 3.63) is 99.1 Å². The Kier molecular flexibility index (Phi) is 15.0. The molecule has 1 aromatic heterocycles. The molecule has 8 N–H and O–H groups in total.